The Morgan fingerprint density at radius 2 is 1.50 bits per heavy atom. The summed E-state index contributed by atoms with van der Waals surface area (Å²) < 4.78 is 6.02. The van der Waals surface area contributed by atoms with Gasteiger partial charge in [-0.3, -0.25) is 0 Å². The van der Waals surface area contributed by atoms with Gasteiger partial charge in [-0.1, -0.05) is 46.0 Å². The minimum absolute atomic E-state index is 1.00. The zero-order chi connectivity index (χ0) is 10.9. The molecular formula is C12H28OSi. The maximum Gasteiger partial charge on any atom is 0.186 e. The third-order valence-corrected chi connectivity index (χ3v) is 5.17. The summed E-state index contributed by atoms with van der Waals surface area (Å²) in [5.41, 5.74) is 0. The molecule has 0 bridgehead atoms. The average molecular weight is 216 g/mol. The van der Waals surface area contributed by atoms with Crippen LogP contribution in [0.3, 0.4) is 0 Å². The molecule has 0 unspecified atom stereocenters. The van der Waals surface area contributed by atoms with Crippen LogP contribution in [0.5, 0.6) is 0 Å². The lowest BCUT2D eigenvalue weighted by Gasteiger charge is -2.22. The standard InChI is InChI=1S/C12H28OSi/c1-5-7-9-10-11-13-14(3,4)12-8-6-2/h5-12H2,1-4H3. The van der Waals surface area contributed by atoms with Crippen molar-refractivity contribution in [2.24, 2.45) is 0 Å². The van der Waals surface area contributed by atoms with Crippen molar-refractivity contribution in [3.8, 4) is 0 Å². The van der Waals surface area contributed by atoms with Crippen molar-refractivity contribution in [1.82, 2.24) is 0 Å². The van der Waals surface area contributed by atoms with Crippen molar-refractivity contribution in [3.05, 3.63) is 0 Å². The van der Waals surface area contributed by atoms with Crippen molar-refractivity contribution in [3.63, 3.8) is 0 Å². The van der Waals surface area contributed by atoms with E-state index in [1.54, 1.807) is 0 Å². The monoisotopic (exact) mass is 216 g/mol. The molecule has 0 saturated carbocycles. The average Bonchev–Trinajstić information content (AvgIpc) is 2.15. The van der Waals surface area contributed by atoms with Gasteiger partial charge in [-0.05, 0) is 25.6 Å². The van der Waals surface area contributed by atoms with Gasteiger partial charge in [0.15, 0.2) is 8.32 Å². The van der Waals surface area contributed by atoms with E-state index < -0.39 is 8.32 Å². The number of hydrogen-bond donors (Lipinski definition) is 0. The highest BCUT2D eigenvalue weighted by atomic mass is 28.4. The van der Waals surface area contributed by atoms with Crippen LogP contribution in [0.25, 0.3) is 0 Å². The lowest BCUT2D eigenvalue weighted by atomic mass is 10.2. The first-order chi connectivity index (χ1) is 6.62. The molecule has 0 aliphatic heterocycles. The fraction of sp³-hybridized carbons (Fsp3) is 1.00. The van der Waals surface area contributed by atoms with E-state index in [9.17, 15) is 0 Å². The van der Waals surface area contributed by atoms with Crippen LogP contribution in [-0.4, -0.2) is 14.9 Å². The predicted molar refractivity (Wildman–Crippen MR) is 67.3 cm³/mol. The molecule has 0 aliphatic carbocycles. The summed E-state index contributed by atoms with van der Waals surface area (Å²) in [5.74, 6) is 0. The Morgan fingerprint density at radius 1 is 0.857 bits per heavy atom. The summed E-state index contributed by atoms with van der Waals surface area (Å²) in [6.45, 7) is 10.2. The summed E-state index contributed by atoms with van der Waals surface area (Å²) in [4.78, 5) is 0. The first-order valence-electron chi connectivity index (χ1n) is 6.26. The minimum atomic E-state index is -1.28. The van der Waals surface area contributed by atoms with E-state index in [2.05, 4.69) is 26.9 Å². The largest absolute Gasteiger partial charge is 0.417 e. The van der Waals surface area contributed by atoms with Crippen LogP contribution in [0.4, 0.5) is 0 Å². The van der Waals surface area contributed by atoms with Gasteiger partial charge in [0.25, 0.3) is 0 Å². The molecule has 0 aromatic rings. The quantitative estimate of drug-likeness (QED) is 0.405. The topological polar surface area (TPSA) is 9.23 Å². The smallest absolute Gasteiger partial charge is 0.186 e. The number of hydrogen-bond acceptors (Lipinski definition) is 1. The van der Waals surface area contributed by atoms with E-state index in [1.807, 2.05) is 0 Å². The first kappa shape index (κ1) is 14.2. The number of unbranched alkanes of at least 4 members (excludes halogenated alkanes) is 4. The molecule has 0 heterocycles. The molecule has 0 spiro atoms. The Bertz CT molecular complexity index is 123. The Labute approximate surface area is 91.4 Å². The van der Waals surface area contributed by atoms with E-state index in [0.29, 0.717) is 0 Å². The fourth-order valence-electron chi connectivity index (χ4n) is 1.55. The van der Waals surface area contributed by atoms with Gasteiger partial charge >= 0.3 is 0 Å². The van der Waals surface area contributed by atoms with Crippen LogP contribution >= 0.6 is 0 Å². The molecule has 2 heteroatoms. The van der Waals surface area contributed by atoms with Gasteiger partial charge in [0.05, 0.1) is 0 Å². The van der Waals surface area contributed by atoms with Crippen molar-refractivity contribution in [2.45, 2.75) is 71.5 Å². The minimum Gasteiger partial charge on any atom is -0.417 e. The van der Waals surface area contributed by atoms with Crippen LogP contribution in [0, 0.1) is 0 Å². The molecule has 0 rings (SSSR count). The highest BCUT2D eigenvalue weighted by Gasteiger charge is 2.20. The normalized spacial score (nSPS) is 12.0. The van der Waals surface area contributed by atoms with Crippen LogP contribution in [0.15, 0.2) is 0 Å². The molecule has 14 heavy (non-hydrogen) atoms. The van der Waals surface area contributed by atoms with Crippen LogP contribution in [-0.2, 0) is 4.43 Å². The van der Waals surface area contributed by atoms with Crippen molar-refractivity contribution >= 4 is 8.32 Å². The Hall–Kier alpha value is 0.177. The molecule has 0 fully saturated rings. The van der Waals surface area contributed by atoms with E-state index >= 15 is 0 Å². The highest BCUT2D eigenvalue weighted by molar-refractivity contribution is 6.71. The van der Waals surface area contributed by atoms with Gasteiger partial charge in [-0.25, -0.2) is 0 Å². The van der Waals surface area contributed by atoms with Crippen LogP contribution in [0.2, 0.25) is 19.1 Å². The van der Waals surface area contributed by atoms with Crippen molar-refractivity contribution < 1.29 is 4.43 Å². The molecule has 1 nitrogen and oxygen atoms in total. The fourth-order valence-corrected chi connectivity index (χ4v) is 3.60. The molecule has 0 aliphatic rings. The third kappa shape index (κ3) is 8.76. The molecule has 0 atom stereocenters. The Balaban J connectivity index is 3.35. The van der Waals surface area contributed by atoms with Gasteiger partial charge in [0.1, 0.15) is 0 Å². The molecule has 86 valence electrons. The summed E-state index contributed by atoms with van der Waals surface area (Å²) in [6.07, 6.45) is 7.92. The Morgan fingerprint density at radius 3 is 2.07 bits per heavy atom. The Kier molecular flexibility index (Phi) is 8.59. The van der Waals surface area contributed by atoms with Crippen molar-refractivity contribution in [2.75, 3.05) is 6.61 Å². The van der Waals surface area contributed by atoms with E-state index in [-0.39, 0.29) is 0 Å². The lowest BCUT2D eigenvalue weighted by Crippen LogP contribution is -2.30. The molecule has 0 N–H and O–H groups in total. The lowest BCUT2D eigenvalue weighted by molar-refractivity contribution is 0.294. The second kappa shape index (κ2) is 8.48. The maximum atomic E-state index is 6.02. The zero-order valence-corrected chi connectivity index (χ0v) is 11.6. The predicted octanol–water partition coefficient (Wildman–Crippen LogP) is 4.59. The first-order valence-corrected chi connectivity index (χ1v) is 9.38. The summed E-state index contributed by atoms with van der Waals surface area (Å²) in [6, 6.07) is 1.33. The van der Waals surface area contributed by atoms with Gasteiger partial charge in [0.2, 0.25) is 0 Å². The van der Waals surface area contributed by atoms with E-state index in [0.717, 1.165) is 6.61 Å². The second-order valence-electron chi connectivity index (χ2n) is 4.77. The molecule has 0 saturated heterocycles. The van der Waals surface area contributed by atoms with Gasteiger partial charge in [0, 0.05) is 6.61 Å². The van der Waals surface area contributed by atoms with E-state index in [1.165, 1.54) is 44.6 Å². The third-order valence-electron chi connectivity index (χ3n) is 2.62. The van der Waals surface area contributed by atoms with Gasteiger partial charge in [-0.15, -0.1) is 0 Å². The molecule has 0 amide bonds. The van der Waals surface area contributed by atoms with Crippen molar-refractivity contribution in [1.29, 1.82) is 0 Å². The van der Waals surface area contributed by atoms with Gasteiger partial charge in [-0.2, -0.15) is 0 Å². The molecule has 0 radical (unpaired) electrons. The molecule has 0 aromatic carbocycles. The van der Waals surface area contributed by atoms with E-state index in [4.69, 9.17) is 4.43 Å². The maximum absolute atomic E-state index is 6.02. The molecular weight excluding hydrogens is 188 g/mol. The highest BCUT2D eigenvalue weighted by Crippen LogP contribution is 2.15. The summed E-state index contributed by atoms with van der Waals surface area (Å²) >= 11 is 0. The molecule has 0 aromatic heterocycles. The summed E-state index contributed by atoms with van der Waals surface area (Å²) in [5, 5.41) is 0. The SMILES string of the molecule is CCCCCCO[Si](C)(C)CCCC. The number of rotatable bonds is 9. The second-order valence-corrected chi connectivity index (χ2v) is 9.08. The van der Waals surface area contributed by atoms with Crippen LogP contribution in [0.1, 0.15) is 52.4 Å². The van der Waals surface area contributed by atoms with Gasteiger partial charge < -0.3 is 4.43 Å². The zero-order valence-electron chi connectivity index (χ0n) is 10.6. The summed E-state index contributed by atoms with van der Waals surface area (Å²) in [7, 11) is -1.28. The van der Waals surface area contributed by atoms with Crippen LogP contribution < -0.4 is 0 Å².